The minimum absolute atomic E-state index is 0.0972. The zero-order chi connectivity index (χ0) is 22.4. The lowest BCUT2D eigenvalue weighted by Crippen LogP contribution is -2.14. The third-order valence-electron chi connectivity index (χ3n) is 4.46. The van der Waals surface area contributed by atoms with Crippen LogP contribution in [0, 0.1) is 24.0 Å². The minimum Gasteiger partial charge on any atom is -0.325 e. The van der Waals surface area contributed by atoms with Crippen LogP contribution in [0.2, 0.25) is 0 Å². The molecule has 7 nitrogen and oxygen atoms in total. The molecule has 0 atom stereocenters. The van der Waals surface area contributed by atoms with Crippen molar-refractivity contribution in [2.45, 2.75) is 18.7 Å². The average Bonchev–Trinajstić information content (AvgIpc) is 2.75. The van der Waals surface area contributed by atoms with Crippen molar-refractivity contribution in [1.82, 2.24) is 0 Å². The lowest BCUT2D eigenvalue weighted by Gasteiger charge is -2.09. The summed E-state index contributed by atoms with van der Waals surface area (Å²) in [6, 6.07) is 18.5. The summed E-state index contributed by atoms with van der Waals surface area (Å²) in [5.74, 6) is -0.274. The first-order valence-electron chi connectivity index (χ1n) is 9.47. The highest BCUT2D eigenvalue weighted by atomic mass is 32.2. The molecule has 0 heterocycles. The number of hydrogen-bond acceptors (Lipinski definition) is 5. The fourth-order valence-corrected chi connectivity index (χ4v) is 3.59. The summed E-state index contributed by atoms with van der Waals surface area (Å²) in [6.45, 7) is 3.96. The van der Waals surface area contributed by atoms with Gasteiger partial charge in [-0.1, -0.05) is 23.8 Å². The summed E-state index contributed by atoms with van der Waals surface area (Å²) in [4.78, 5) is 35.7. The minimum atomic E-state index is -0.543. The van der Waals surface area contributed by atoms with E-state index in [-0.39, 0.29) is 22.9 Å². The molecule has 8 heteroatoms. The van der Waals surface area contributed by atoms with Gasteiger partial charge in [0.1, 0.15) is 0 Å². The Morgan fingerprint density at radius 2 is 1.71 bits per heavy atom. The Morgan fingerprint density at radius 3 is 2.39 bits per heavy atom. The van der Waals surface area contributed by atoms with Crippen LogP contribution in [0.3, 0.4) is 0 Å². The highest BCUT2D eigenvalue weighted by Gasteiger charge is 2.12. The molecule has 0 spiro atoms. The summed E-state index contributed by atoms with van der Waals surface area (Å²) in [5, 5.41) is 16.5. The topological polar surface area (TPSA) is 101 Å². The molecule has 2 N–H and O–H groups in total. The fourth-order valence-electron chi connectivity index (χ4n) is 2.89. The van der Waals surface area contributed by atoms with Gasteiger partial charge in [0.25, 0.3) is 11.6 Å². The predicted octanol–water partition coefficient (Wildman–Crippen LogP) is 5.19. The van der Waals surface area contributed by atoms with E-state index >= 15 is 0 Å². The van der Waals surface area contributed by atoms with E-state index in [0.29, 0.717) is 5.69 Å². The van der Waals surface area contributed by atoms with Gasteiger partial charge in [-0.25, -0.2) is 0 Å². The Morgan fingerprint density at radius 1 is 0.968 bits per heavy atom. The number of carbonyl (C=O) groups is 2. The summed E-state index contributed by atoms with van der Waals surface area (Å²) < 4.78 is 0. The van der Waals surface area contributed by atoms with Crippen LogP contribution in [0.1, 0.15) is 21.5 Å². The second-order valence-corrected chi connectivity index (χ2v) is 7.99. The average molecular weight is 436 g/mol. The Balaban J connectivity index is 1.54. The molecule has 3 aromatic rings. The normalized spacial score (nSPS) is 10.4. The van der Waals surface area contributed by atoms with Crippen LogP contribution in [0.15, 0.2) is 71.6 Å². The number of thioether (sulfide) groups is 1. The van der Waals surface area contributed by atoms with Crippen molar-refractivity contribution >= 4 is 40.6 Å². The van der Waals surface area contributed by atoms with E-state index in [1.165, 1.54) is 36.0 Å². The van der Waals surface area contributed by atoms with Gasteiger partial charge in [-0.15, -0.1) is 11.8 Å². The third-order valence-corrected chi connectivity index (χ3v) is 5.47. The molecule has 3 aromatic carbocycles. The molecule has 0 unspecified atom stereocenters. The highest BCUT2D eigenvalue weighted by Crippen LogP contribution is 2.22. The number of aryl methyl sites for hydroxylation is 2. The molecule has 0 saturated carbocycles. The van der Waals surface area contributed by atoms with E-state index in [9.17, 15) is 19.7 Å². The summed E-state index contributed by atoms with van der Waals surface area (Å²) in [5.41, 5.74) is 3.58. The number of carbonyl (C=O) groups excluding carboxylic acids is 2. The van der Waals surface area contributed by atoms with E-state index < -0.39 is 10.8 Å². The van der Waals surface area contributed by atoms with Gasteiger partial charge in [0, 0.05) is 34.0 Å². The van der Waals surface area contributed by atoms with Gasteiger partial charge in [-0.3, -0.25) is 19.7 Å². The SMILES string of the molecule is Cc1ccc(NC(=O)CSc2ccc(NC(=O)c3cccc([N+](=O)[O-])c3)cc2)c(C)c1. The Labute approximate surface area is 184 Å². The first kappa shape index (κ1) is 22.0. The maximum Gasteiger partial charge on any atom is 0.270 e. The van der Waals surface area contributed by atoms with Crippen molar-refractivity contribution < 1.29 is 14.5 Å². The van der Waals surface area contributed by atoms with Crippen LogP contribution in [0.4, 0.5) is 17.1 Å². The smallest absolute Gasteiger partial charge is 0.270 e. The second kappa shape index (κ2) is 9.90. The molecule has 0 saturated heterocycles. The van der Waals surface area contributed by atoms with Crippen LogP contribution in [0.5, 0.6) is 0 Å². The van der Waals surface area contributed by atoms with E-state index in [1.807, 2.05) is 32.0 Å². The van der Waals surface area contributed by atoms with Crippen LogP contribution >= 0.6 is 11.8 Å². The molecule has 0 aliphatic rings. The standard InChI is InChI=1S/C23H21N3O4S/c1-15-6-11-21(16(2)12-15)25-22(27)14-31-20-9-7-18(8-10-20)24-23(28)17-4-3-5-19(13-17)26(29)30/h3-13H,14H2,1-2H3,(H,24,28)(H,25,27). The third kappa shape index (κ3) is 6.16. The van der Waals surface area contributed by atoms with Crippen LogP contribution in [0.25, 0.3) is 0 Å². The van der Waals surface area contributed by atoms with Crippen molar-refractivity contribution in [2.24, 2.45) is 0 Å². The van der Waals surface area contributed by atoms with Gasteiger partial charge in [-0.2, -0.15) is 0 Å². The largest absolute Gasteiger partial charge is 0.325 e. The lowest BCUT2D eigenvalue weighted by atomic mass is 10.1. The molecule has 3 rings (SSSR count). The summed E-state index contributed by atoms with van der Waals surface area (Å²) in [7, 11) is 0. The van der Waals surface area contributed by atoms with Crippen molar-refractivity contribution in [3.63, 3.8) is 0 Å². The Kier molecular flexibility index (Phi) is 7.04. The van der Waals surface area contributed by atoms with E-state index in [1.54, 1.807) is 24.3 Å². The molecule has 0 bridgehead atoms. The van der Waals surface area contributed by atoms with Crippen molar-refractivity contribution in [1.29, 1.82) is 0 Å². The molecule has 31 heavy (non-hydrogen) atoms. The number of nitrogens with zero attached hydrogens (tertiary/aromatic N) is 1. The number of benzene rings is 3. The second-order valence-electron chi connectivity index (χ2n) is 6.94. The molecule has 0 radical (unpaired) electrons. The first-order valence-corrected chi connectivity index (χ1v) is 10.5. The van der Waals surface area contributed by atoms with Gasteiger partial charge < -0.3 is 10.6 Å². The zero-order valence-electron chi connectivity index (χ0n) is 17.0. The van der Waals surface area contributed by atoms with Gasteiger partial charge in [0.05, 0.1) is 10.7 Å². The molecule has 0 fully saturated rings. The summed E-state index contributed by atoms with van der Waals surface area (Å²) in [6.07, 6.45) is 0. The van der Waals surface area contributed by atoms with E-state index in [2.05, 4.69) is 10.6 Å². The highest BCUT2D eigenvalue weighted by molar-refractivity contribution is 8.00. The quantitative estimate of drug-likeness (QED) is 0.302. The van der Waals surface area contributed by atoms with Gasteiger partial charge in [0.15, 0.2) is 0 Å². The number of non-ortho nitro benzene ring substituents is 1. The Hall–Kier alpha value is -3.65. The number of amides is 2. The van der Waals surface area contributed by atoms with Gasteiger partial charge in [0.2, 0.25) is 5.91 Å². The van der Waals surface area contributed by atoms with Crippen LogP contribution in [-0.4, -0.2) is 22.5 Å². The molecule has 0 aliphatic heterocycles. The molecular weight excluding hydrogens is 414 g/mol. The van der Waals surface area contributed by atoms with E-state index in [0.717, 1.165) is 21.7 Å². The Bertz CT molecular complexity index is 1130. The number of nitro groups is 1. The van der Waals surface area contributed by atoms with E-state index in [4.69, 9.17) is 0 Å². The number of nitro benzene ring substituents is 1. The first-order chi connectivity index (χ1) is 14.8. The monoisotopic (exact) mass is 435 g/mol. The number of rotatable bonds is 7. The van der Waals surface area contributed by atoms with Crippen molar-refractivity contribution in [3.05, 3.63) is 93.5 Å². The maximum atomic E-state index is 12.3. The van der Waals surface area contributed by atoms with Crippen molar-refractivity contribution in [3.8, 4) is 0 Å². The molecule has 0 aromatic heterocycles. The number of hydrogen-bond donors (Lipinski definition) is 2. The number of nitrogens with one attached hydrogen (secondary N) is 2. The maximum absolute atomic E-state index is 12.3. The molecular formula is C23H21N3O4S. The molecule has 158 valence electrons. The zero-order valence-corrected chi connectivity index (χ0v) is 17.9. The lowest BCUT2D eigenvalue weighted by molar-refractivity contribution is -0.384. The van der Waals surface area contributed by atoms with Crippen LogP contribution < -0.4 is 10.6 Å². The van der Waals surface area contributed by atoms with Crippen molar-refractivity contribution in [2.75, 3.05) is 16.4 Å². The summed E-state index contributed by atoms with van der Waals surface area (Å²) >= 11 is 1.39. The van der Waals surface area contributed by atoms with Gasteiger partial charge in [-0.05, 0) is 55.8 Å². The number of anilines is 2. The van der Waals surface area contributed by atoms with Crippen LogP contribution in [-0.2, 0) is 4.79 Å². The molecule has 2 amide bonds. The molecule has 0 aliphatic carbocycles. The predicted molar refractivity (Wildman–Crippen MR) is 123 cm³/mol. The van der Waals surface area contributed by atoms with Gasteiger partial charge >= 0.3 is 0 Å². The fraction of sp³-hybridized carbons (Fsp3) is 0.130.